The molecule has 5 nitrogen and oxygen atoms in total. The minimum absolute atomic E-state index is 0.367. The lowest BCUT2D eigenvalue weighted by atomic mass is 9.95. The zero-order valence-electron chi connectivity index (χ0n) is 14.3. The van der Waals surface area contributed by atoms with E-state index in [4.69, 9.17) is 12.2 Å². The van der Waals surface area contributed by atoms with Gasteiger partial charge in [-0.05, 0) is 55.4 Å². The summed E-state index contributed by atoms with van der Waals surface area (Å²) in [6.07, 6.45) is 5.30. The molecule has 1 aliphatic heterocycles. The van der Waals surface area contributed by atoms with E-state index < -0.39 is 10.0 Å². The molecule has 3 aliphatic rings. The highest BCUT2D eigenvalue weighted by Gasteiger charge is 2.40. The van der Waals surface area contributed by atoms with Crippen LogP contribution in [0.5, 0.6) is 0 Å². The first-order valence-electron chi connectivity index (χ1n) is 9.14. The monoisotopic (exact) mass is 379 g/mol. The van der Waals surface area contributed by atoms with Crippen molar-refractivity contribution in [3.05, 3.63) is 30.3 Å². The van der Waals surface area contributed by atoms with Gasteiger partial charge in [-0.25, -0.2) is 8.42 Å². The summed E-state index contributed by atoms with van der Waals surface area (Å²) in [5.41, 5.74) is 0. The number of nitrogens with one attached hydrogen (secondary N) is 1. The van der Waals surface area contributed by atoms with Crippen LogP contribution in [0.3, 0.4) is 0 Å². The van der Waals surface area contributed by atoms with Crippen molar-refractivity contribution >= 4 is 27.4 Å². The molecule has 7 heteroatoms. The summed E-state index contributed by atoms with van der Waals surface area (Å²) in [6.45, 7) is 2.27. The minimum Gasteiger partial charge on any atom is -0.360 e. The smallest absolute Gasteiger partial charge is 0.243 e. The van der Waals surface area contributed by atoms with Gasteiger partial charge in [-0.2, -0.15) is 4.31 Å². The van der Waals surface area contributed by atoms with Crippen molar-refractivity contribution in [1.82, 2.24) is 14.5 Å². The largest absolute Gasteiger partial charge is 0.360 e. The Morgan fingerprint density at radius 1 is 1.04 bits per heavy atom. The summed E-state index contributed by atoms with van der Waals surface area (Å²) in [7, 11) is -3.40. The summed E-state index contributed by atoms with van der Waals surface area (Å²) in [5.74, 6) is 1.67. The molecule has 3 atom stereocenters. The van der Waals surface area contributed by atoms with Crippen LogP contribution < -0.4 is 5.32 Å². The average molecular weight is 380 g/mol. The van der Waals surface area contributed by atoms with E-state index in [2.05, 4.69) is 10.2 Å². The van der Waals surface area contributed by atoms with E-state index in [0.29, 0.717) is 37.1 Å². The molecule has 136 valence electrons. The maximum Gasteiger partial charge on any atom is 0.243 e. The van der Waals surface area contributed by atoms with Crippen LogP contribution >= 0.6 is 12.2 Å². The lowest BCUT2D eigenvalue weighted by Crippen LogP contribution is -2.54. The van der Waals surface area contributed by atoms with Crippen molar-refractivity contribution in [3.8, 4) is 0 Å². The van der Waals surface area contributed by atoms with E-state index in [1.54, 1.807) is 28.6 Å². The quantitative estimate of drug-likeness (QED) is 0.815. The van der Waals surface area contributed by atoms with Gasteiger partial charge < -0.3 is 10.2 Å². The number of hydrogen-bond acceptors (Lipinski definition) is 3. The second-order valence-corrected chi connectivity index (χ2v) is 9.76. The number of benzene rings is 1. The molecule has 0 radical (unpaired) electrons. The Labute approximate surface area is 155 Å². The number of fused-ring (bicyclic) bond motifs is 2. The van der Waals surface area contributed by atoms with Crippen molar-refractivity contribution in [2.75, 3.05) is 26.2 Å². The van der Waals surface area contributed by atoms with E-state index in [-0.39, 0.29) is 0 Å². The highest BCUT2D eigenvalue weighted by molar-refractivity contribution is 7.89. The third kappa shape index (κ3) is 3.41. The molecule has 1 heterocycles. The molecular weight excluding hydrogens is 354 g/mol. The van der Waals surface area contributed by atoms with Crippen molar-refractivity contribution in [3.63, 3.8) is 0 Å². The van der Waals surface area contributed by atoms with Crippen LogP contribution in [-0.4, -0.2) is 55.0 Å². The normalized spacial score (nSPS) is 29.8. The van der Waals surface area contributed by atoms with Crippen LogP contribution in [0.25, 0.3) is 0 Å². The van der Waals surface area contributed by atoms with Gasteiger partial charge in [0.15, 0.2) is 5.11 Å². The zero-order valence-corrected chi connectivity index (χ0v) is 15.9. The molecule has 0 spiro atoms. The Kier molecular flexibility index (Phi) is 4.73. The zero-order chi connectivity index (χ0) is 17.4. The highest BCUT2D eigenvalue weighted by atomic mass is 32.2. The van der Waals surface area contributed by atoms with Gasteiger partial charge in [-0.15, -0.1) is 0 Å². The number of hydrogen-bond donors (Lipinski definition) is 1. The molecule has 1 N–H and O–H groups in total. The molecule has 0 amide bonds. The van der Waals surface area contributed by atoms with E-state index in [9.17, 15) is 8.42 Å². The van der Waals surface area contributed by atoms with E-state index in [0.717, 1.165) is 16.9 Å². The number of sulfonamides is 1. The fourth-order valence-corrected chi connectivity index (χ4v) is 6.32. The minimum atomic E-state index is -3.40. The summed E-state index contributed by atoms with van der Waals surface area (Å²) in [4.78, 5) is 2.49. The first kappa shape index (κ1) is 17.2. The third-order valence-corrected chi connectivity index (χ3v) is 8.24. The van der Waals surface area contributed by atoms with Crippen molar-refractivity contribution < 1.29 is 8.42 Å². The van der Waals surface area contributed by atoms with Crippen LogP contribution in [0.1, 0.15) is 25.7 Å². The molecule has 2 saturated carbocycles. The van der Waals surface area contributed by atoms with Crippen molar-refractivity contribution in [1.29, 1.82) is 0 Å². The Morgan fingerprint density at radius 2 is 1.76 bits per heavy atom. The van der Waals surface area contributed by atoms with Gasteiger partial charge in [-0.3, -0.25) is 0 Å². The van der Waals surface area contributed by atoms with Crippen LogP contribution in [0.4, 0.5) is 0 Å². The summed E-state index contributed by atoms with van der Waals surface area (Å²) in [6, 6.07) is 9.19. The van der Waals surface area contributed by atoms with E-state index in [1.807, 2.05) is 6.07 Å². The molecule has 2 bridgehead atoms. The summed E-state index contributed by atoms with van der Waals surface area (Å²) < 4.78 is 26.9. The van der Waals surface area contributed by atoms with Crippen LogP contribution in [0, 0.1) is 11.8 Å². The second kappa shape index (κ2) is 6.85. The van der Waals surface area contributed by atoms with Gasteiger partial charge in [0.25, 0.3) is 0 Å². The number of piperazine rings is 1. The maximum absolute atomic E-state index is 12.7. The molecule has 3 fully saturated rings. The van der Waals surface area contributed by atoms with Gasteiger partial charge >= 0.3 is 0 Å². The Bertz CT molecular complexity index is 730. The predicted molar refractivity (Wildman–Crippen MR) is 102 cm³/mol. The van der Waals surface area contributed by atoms with Gasteiger partial charge in [0.1, 0.15) is 0 Å². The second-order valence-electron chi connectivity index (χ2n) is 7.44. The fraction of sp³-hybridized carbons (Fsp3) is 0.611. The first-order chi connectivity index (χ1) is 12.0. The molecule has 1 saturated heterocycles. The van der Waals surface area contributed by atoms with Gasteiger partial charge in [0.2, 0.25) is 10.0 Å². The van der Waals surface area contributed by atoms with Crippen molar-refractivity contribution in [2.24, 2.45) is 11.8 Å². The lowest BCUT2D eigenvalue weighted by molar-refractivity contribution is 0.258. The summed E-state index contributed by atoms with van der Waals surface area (Å²) in [5, 5.41) is 4.35. The number of thiocarbonyl (C=S) groups is 1. The van der Waals surface area contributed by atoms with Crippen molar-refractivity contribution in [2.45, 2.75) is 36.6 Å². The summed E-state index contributed by atoms with van der Waals surface area (Å²) >= 11 is 5.60. The molecule has 4 rings (SSSR count). The Hall–Kier alpha value is -1.18. The maximum atomic E-state index is 12.7. The van der Waals surface area contributed by atoms with E-state index >= 15 is 0 Å². The van der Waals surface area contributed by atoms with Crippen LogP contribution in [-0.2, 0) is 10.0 Å². The highest BCUT2D eigenvalue weighted by Crippen LogP contribution is 2.44. The average Bonchev–Trinajstić information content (AvgIpc) is 3.25. The molecule has 0 aromatic heterocycles. The molecule has 0 unspecified atom stereocenters. The lowest BCUT2D eigenvalue weighted by Gasteiger charge is -2.37. The SMILES string of the molecule is O=S(=O)(c1ccccc1)N1CCN(C(=S)N[C@H]2C[C@H]3CC[C@H]2C3)CC1. The fourth-order valence-electron chi connectivity index (χ4n) is 4.54. The van der Waals surface area contributed by atoms with Crippen LogP contribution in [0.15, 0.2) is 35.2 Å². The first-order valence-corrected chi connectivity index (χ1v) is 11.0. The number of rotatable bonds is 3. The Balaban J connectivity index is 1.33. The van der Waals surface area contributed by atoms with Gasteiger partial charge in [-0.1, -0.05) is 24.6 Å². The molecule has 25 heavy (non-hydrogen) atoms. The molecule has 1 aromatic rings. The van der Waals surface area contributed by atoms with E-state index in [1.165, 1.54) is 25.7 Å². The molecule has 1 aromatic carbocycles. The molecule has 2 aliphatic carbocycles. The Morgan fingerprint density at radius 3 is 2.36 bits per heavy atom. The standard InChI is InChI=1S/C18H25N3O2S2/c22-25(23,16-4-2-1-3-5-16)21-10-8-20(9-11-21)18(24)19-17-13-14-6-7-15(17)12-14/h1-5,14-15,17H,6-13H2,(H,19,24)/t14-,15-,17-/m0/s1. The topological polar surface area (TPSA) is 52.7 Å². The predicted octanol–water partition coefficient (Wildman–Crippen LogP) is 2.06. The van der Waals surface area contributed by atoms with Crippen LogP contribution in [0.2, 0.25) is 0 Å². The van der Waals surface area contributed by atoms with Gasteiger partial charge in [0, 0.05) is 32.2 Å². The third-order valence-electron chi connectivity index (χ3n) is 5.95. The number of nitrogens with zero attached hydrogens (tertiary/aromatic N) is 2. The van der Waals surface area contributed by atoms with Gasteiger partial charge in [0.05, 0.1) is 4.90 Å². The molecular formula is C18H25N3O2S2.